The lowest BCUT2D eigenvalue weighted by Gasteiger charge is -3.10. The van der Waals surface area contributed by atoms with Crippen molar-refractivity contribution >= 4 is 17.6 Å². The maximum Gasteiger partial charge on any atom is 0.312 e. The Kier molecular flexibility index (Phi) is 2.32. The molecule has 0 N–H and O–H groups in total. The maximum atomic E-state index is 12.2. The fourth-order valence-corrected chi connectivity index (χ4v) is 7.87. The van der Waals surface area contributed by atoms with Crippen LogP contribution in [0.3, 0.4) is 0 Å². The van der Waals surface area contributed by atoms with Crippen LogP contribution in [-0.4, -0.2) is 30.6 Å². The Morgan fingerprint density at radius 3 is 2.31 bits per heavy atom. The van der Waals surface area contributed by atoms with Gasteiger partial charge >= 0.3 is 11.9 Å². The van der Waals surface area contributed by atoms with Gasteiger partial charge in [-0.1, -0.05) is 18.2 Å². The summed E-state index contributed by atoms with van der Waals surface area (Å²) in [5.74, 6) is 2.43. The third-order valence-corrected chi connectivity index (χ3v) is 8.38. The van der Waals surface area contributed by atoms with Crippen molar-refractivity contribution in [2.24, 2.45) is 46.3 Å². The zero-order chi connectivity index (χ0) is 18.0. The van der Waals surface area contributed by atoms with E-state index in [-0.39, 0.29) is 28.9 Å². The van der Waals surface area contributed by atoms with Gasteiger partial charge in [-0.05, 0) is 35.5 Å². The summed E-state index contributed by atoms with van der Waals surface area (Å²) in [4.78, 5) is 34.9. The lowest BCUT2D eigenvalue weighted by Crippen LogP contribution is -3.11. The first kappa shape index (κ1) is 14.7. The number of methoxy groups -OCH3 is 1. The molecule has 0 bridgehead atoms. The predicted molar refractivity (Wildman–Crippen MR) is 85.6 cm³/mol. The molecule has 0 heterocycles. The van der Waals surface area contributed by atoms with Gasteiger partial charge in [0.25, 0.3) is 5.69 Å². The number of nitro groups is 1. The molecule has 0 saturated heterocycles. The Morgan fingerprint density at radius 2 is 1.73 bits per heavy atom. The molecular formula is C19H17NO6. The highest BCUT2D eigenvalue weighted by Gasteiger charge is 3.11. The monoisotopic (exact) mass is 355 g/mol. The second kappa shape index (κ2) is 4.10. The van der Waals surface area contributed by atoms with Crippen molar-refractivity contribution in [3.05, 3.63) is 39.9 Å². The highest BCUT2D eigenvalue weighted by Crippen LogP contribution is 3.10. The molecule has 0 aromatic heterocycles. The highest BCUT2D eigenvalue weighted by atomic mass is 16.6. The number of benzene rings is 1. The van der Waals surface area contributed by atoms with E-state index in [1.807, 2.05) is 0 Å². The van der Waals surface area contributed by atoms with Crippen LogP contribution in [0.4, 0.5) is 5.69 Å². The van der Waals surface area contributed by atoms with E-state index in [9.17, 15) is 19.7 Å². The van der Waals surface area contributed by atoms with Crippen molar-refractivity contribution < 1.29 is 24.0 Å². The average Bonchev–Trinajstić information content (AvgIpc) is 2.66. The van der Waals surface area contributed by atoms with E-state index in [1.165, 1.54) is 13.2 Å². The van der Waals surface area contributed by atoms with Crippen molar-refractivity contribution in [1.29, 1.82) is 0 Å². The Labute approximate surface area is 148 Å². The molecule has 6 saturated carbocycles. The molecule has 1 aromatic rings. The summed E-state index contributed by atoms with van der Waals surface area (Å²) >= 11 is 0. The number of hydrogen-bond acceptors (Lipinski definition) is 6. The molecule has 6 fully saturated rings. The van der Waals surface area contributed by atoms with Gasteiger partial charge in [0.05, 0.1) is 30.5 Å². The van der Waals surface area contributed by atoms with E-state index in [0.29, 0.717) is 47.7 Å². The van der Waals surface area contributed by atoms with E-state index in [0.717, 1.165) is 0 Å². The Balaban J connectivity index is 1.11. The molecule has 6 aliphatic carbocycles. The molecular weight excluding hydrogens is 338 g/mol. The highest BCUT2D eigenvalue weighted by molar-refractivity contribution is 5.88. The summed E-state index contributed by atoms with van der Waals surface area (Å²) in [6.45, 7) is 0.396. The summed E-state index contributed by atoms with van der Waals surface area (Å²) in [5.41, 5.74) is 0.251. The van der Waals surface area contributed by atoms with E-state index < -0.39 is 10.9 Å². The number of carbonyl (C=O) groups is 2. The minimum atomic E-state index is -0.479. The number of nitrogens with zero attached hydrogens (tertiary/aromatic N) is 1. The number of hydrogen-bond donors (Lipinski definition) is 0. The molecule has 7 heteroatoms. The summed E-state index contributed by atoms with van der Waals surface area (Å²) in [7, 11) is 1.46. The Morgan fingerprint density at radius 1 is 1.12 bits per heavy atom. The van der Waals surface area contributed by atoms with Crippen molar-refractivity contribution in [2.75, 3.05) is 13.7 Å². The molecule has 0 amide bonds. The van der Waals surface area contributed by atoms with Gasteiger partial charge in [-0.3, -0.25) is 19.7 Å². The first-order valence-electron chi connectivity index (χ1n) is 8.97. The van der Waals surface area contributed by atoms with Gasteiger partial charge in [-0.25, -0.2) is 0 Å². The zero-order valence-corrected chi connectivity index (χ0v) is 14.1. The first-order chi connectivity index (χ1) is 12.5. The quantitative estimate of drug-likeness (QED) is 0.437. The number of carbonyl (C=O) groups excluding carboxylic acids is 2. The SMILES string of the molecule is COC(=O)C12C3C4C1C1C2C3C41COC(=O)Cc1ccccc1[N+](=O)[O-]. The molecule has 0 aliphatic heterocycles. The van der Waals surface area contributed by atoms with Crippen LogP contribution < -0.4 is 0 Å². The first-order valence-corrected chi connectivity index (χ1v) is 8.97. The van der Waals surface area contributed by atoms with Crippen molar-refractivity contribution in [2.45, 2.75) is 6.42 Å². The van der Waals surface area contributed by atoms with Crippen molar-refractivity contribution in [3.63, 3.8) is 0 Å². The van der Waals surface area contributed by atoms with E-state index in [2.05, 4.69) is 0 Å². The lowest BCUT2D eigenvalue weighted by atomic mass is 8.92. The number of esters is 2. The van der Waals surface area contributed by atoms with E-state index in [4.69, 9.17) is 9.47 Å². The van der Waals surface area contributed by atoms with Crippen molar-refractivity contribution in [1.82, 2.24) is 0 Å². The standard InChI is InChI=1S/C19H17NO6/c1-25-17(22)19-14-11-15(19)13-16(19)12(14)18(11,13)7-26-10(21)6-8-4-2-3-5-9(8)20(23)24/h2-5,11-16H,6-7H2,1H3. The molecule has 6 aliphatic rings. The second-order valence-corrected chi connectivity index (χ2v) is 8.41. The topological polar surface area (TPSA) is 95.7 Å². The Bertz CT molecular complexity index is 853. The molecule has 0 atom stereocenters. The van der Waals surface area contributed by atoms with Crippen molar-refractivity contribution in [3.8, 4) is 0 Å². The van der Waals surface area contributed by atoms with E-state index in [1.54, 1.807) is 18.2 Å². The maximum absolute atomic E-state index is 12.2. The van der Waals surface area contributed by atoms with Gasteiger partial charge in [0.15, 0.2) is 0 Å². The summed E-state index contributed by atoms with van der Waals surface area (Å²) in [5, 5.41) is 11.0. The second-order valence-electron chi connectivity index (χ2n) is 8.41. The van der Waals surface area contributed by atoms with Gasteiger partial charge in [-0.15, -0.1) is 0 Å². The third kappa shape index (κ3) is 1.11. The van der Waals surface area contributed by atoms with Crippen LogP contribution in [0.25, 0.3) is 0 Å². The van der Waals surface area contributed by atoms with Crippen LogP contribution in [-0.2, 0) is 25.5 Å². The Hall–Kier alpha value is -2.44. The molecule has 26 heavy (non-hydrogen) atoms. The fourth-order valence-electron chi connectivity index (χ4n) is 7.87. The number of ether oxygens (including phenoxy) is 2. The molecule has 134 valence electrons. The minimum absolute atomic E-state index is 0.0390. The van der Waals surface area contributed by atoms with Gasteiger partial charge in [0, 0.05) is 17.0 Å². The smallest absolute Gasteiger partial charge is 0.312 e. The van der Waals surface area contributed by atoms with Gasteiger partial charge in [-0.2, -0.15) is 0 Å². The van der Waals surface area contributed by atoms with Gasteiger partial charge < -0.3 is 9.47 Å². The number of rotatable bonds is 6. The van der Waals surface area contributed by atoms with E-state index >= 15 is 0 Å². The van der Waals surface area contributed by atoms with Crippen LogP contribution in [0, 0.1) is 56.5 Å². The summed E-state index contributed by atoms with van der Waals surface area (Å²) in [6.07, 6.45) is -0.0877. The predicted octanol–water partition coefficient (Wildman–Crippen LogP) is 1.59. The van der Waals surface area contributed by atoms with Gasteiger partial charge in [0.2, 0.25) is 0 Å². The fraction of sp³-hybridized carbons (Fsp3) is 0.579. The molecule has 0 unspecified atom stereocenters. The zero-order valence-electron chi connectivity index (χ0n) is 14.1. The van der Waals surface area contributed by atoms with Crippen LogP contribution in [0.15, 0.2) is 24.3 Å². The van der Waals surface area contributed by atoms with Crippen LogP contribution in [0.1, 0.15) is 5.56 Å². The average molecular weight is 355 g/mol. The van der Waals surface area contributed by atoms with Crippen LogP contribution in [0.5, 0.6) is 0 Å². The van der Waals surface area contributed by atoms with Crippen LogP contribution >= 0.6 is 0 Å². The van der Waals surface area contributed by atoms with Crippen LogP contribution in [0.2, 0.25) is 0 Å². The molecule has 7 nitrogen and oxygen atoms in total. The minimum Gasteiger partial charge on any atom is -0.469 e. The largest absolute Gasteiger partial charge is 0.469 e. The lowest BCUT2D eigenvalue weighted by molar-refractivity contribution is -0.645. The number of para-hydroxylation sites is 1. The molecule has 0 radical (unpaired) electrons. The number of nitro benzene ring substituents is 1. The molecule has 7 rings (SSSR count). The molecule has 1 aromatic carbocycles. The third-order valence-electron chi connectivity index (χ3n) is 8.38. The molecule has 0 spiro atoms. The van der Waals surface area contributed by atoms with Gasteiger partial charge in [0.1, 0.15) is 0 Å². The normalized spacial score (nSPS) is 46.3. The summed E-state index contributed by atoms with van der Waals surface area (Å²) in [6, 6.07) is 6.25. The summed E-state index contributed by atoms with van der Waals surface area (Å²) < 4.78 is 10.5.